The Bertz CT molecular complexity index is 1040. The van der Waals surface area contributed by atoms with Crippen LogP contribution >= 0.6 is 23.4 Å². The van der Waals surface area contributed by atoms with Crippen LogP contribution in [0.25, 0.3) is 17.4 Å². The van der Waals surface area contributed by atoms with Crippen LogP contribution < -0.4 is 0 Å². The molecule has 134 valence electrons. The molecule has 0 aliphatic carbocycles. The molecule has 1 aromatic heterocycles. The average Bonchev–Trinajstić information content (AvgIpc) is 3.24. The van der Waals surface area contributed by atoms with Gasteiger partial charge in [-0.2, -0.15) is 0 Å². The number of thioether (sulfide) groups is 1. The molecule has 1 aliphatic rings. The van der Waals surface area contributed by atoms with E-state index >= 15 is 0 Å². The largest absolute Gasteiger partial charge is 0.457 e. The third-order valence-electron chi connectivity index (χ3n) is 4.01. The van der Waals surface area contributed by atoms with Crippen LogP contribution in [0.4, 0.5) is 5.69 Å². The summed E-state index contributed by atoms with van der Waals surface area (Å²) in [5.41, 5.74) is 1.74. The van der Waals surface area contributed by atoms with E-state index in [0.29, 0.717) is 20.9 Å². The Labute approximate surface area is 166 Å². The van der Waals surface area contributed by atoms with Crippen LogP contribution in [0, 0.1) is 0 Å². The minimum Gasteiger partial charge on any atom is -0.457 e. The van der Waals surface area contributed by atoms with Crippen molar-refractivity contribution >= 4 is 46.2 Å². The highest BCUT2D eigenvalue weighted by atomic mass is 35.5. The zero-order valence-corrected chi connectivity index (χ0v) is 16.0. The second-order valence-corrected chi connectivity index (χ2v) is 7.36. The van der Waals surface area contributed by atoms with Crippen LogP contribution in [0.5, 0.6) is 0 Å². The number of likely N-dealkylation sites (N-methyl/N-ethyl adjacent to an activating group) is 1. The molecule has 1 fully saturated rings. The monoisotopic (exact) mass is 394 g/mol. The molecule has 3 aromatic rings. The summed E-state index contributed by atoms with van der Waals surface area (Å²) >= 11 is 7.26. The number of hydrogen-bond acceptors (Lipinski definition) is 4. The van der Waals surface area contributed by atoms with Gasteiger partial charge in [0.15, 0.2) is 5.17 Å². The summed E-state index contributed by atoms with van der Waals surface area (Å²) in [5.74, 6) is 1.24. The van der Waals surface area contributed by atoms with Gasteiger partial charge in [0.1, 0.15) is 11.5 Å². The predicted molar refractivity (Wildman–Crippen MR) is 111 cm³/mol. The molecular weight excluding hydrogens is 380 g/mol. The Morgan fingerprint density at radius 3 is 2.52 bits per heavy atom. The number of rotatable bonds is 3. The first kappa shape index (κ1) is 17.6. The van der Waals surface area contributed by atoms with Gasteiger partial charge in [-0.1, -0.05) is 29.8 Å². The highest BCUT2D eigenvalue weighted by molar-refractivity contribution is 8.18. The van der Waals surface area contributed by atoms with Crippen LogP contribution in [0.2, 0.25) is 5.02 Å². The molecule has 4 rings (SSSR count). The topological polar surface area (TPSA) is 45.8 Å². The fraction of sp³-hybridized carbons (Fsp3) is 0.0476. The first-order valence-electron chi connectivity index (χ1n) is 8.27. The van der Waals surface area contributed by atoms with Crippen molar-refractivity contribution < 1.29 is 9.21 Å². The molecule has 1 aliphatic heterocycles. The number of aliphatic imine (C=N–C) groups is 1. The van der Waals surface area contributed by atoms with Gasteiger partial charge in [0.25, 0.3) is 5.91 Å². The summed E-state index contributed by atoms with van der Waals surface area (Å²) in [6.45, 7) is 0. The molecule has 0 bridgehead atoms. The average molecular weight is 395 g/mol. The quantitative estimate of drug-likeness (QED) is 0.524. The summed E-state index contributed by atoms with van der Waals surface area (Å²) in [6.07, 6.45) is 1.75. The molecule has 1 amide bonds. The van der Waals surface area contributed by atoms with E-state index < -0.39 is 0 Å². The Hall–Kier alpha value is -2.76. The second kappa shape index (κ2) is 7.47. The summed E-state index contributed by atoms with van der Waals surface area (Å²) in [4.78, 5) is 19.2. The van der Waals surface area contributed by atoms with Gasteiger partial charge in [-0.15, -0.1) is 0 Å². The van der Waals surface area contributed by atoms with Gasteiger partial charge in [0, 0.05) is 23.7 Å². The van der Waals surface area contributed by atoms with Crippen LogP contribution in [0.1, 0.15) is 5.76 Å². The van der Waals surface area contributed by atoms with Crippen molar-refractivity contribution in [1.29, 1.82) is 0 Å². The number of hydrogen-bond donors (Lipinski definition) is 0. The molecule has 0 N–H and O–H groups in total. The van der Waals surface area contributed by atoms with Crippen LogP contribution in [-0.2, 0) is 4.79 Å². The predicted octanol–water partition coefficient (Wildman–Crippen LogP) is 5.83. The highest BCUT2D eigenvalue weighted by Crippen LogP contribution is 2.34. The van der Waals surface area contributed by atoms with Gasteiger partial charge in [-0.25, -0.2) is 4.99 Å². The Balaban J connectivity index is 1.58. The van der Waals surface area contributed by atoms with Crippen molar-refractivity contribution in [3.05, 3.63) is 82.4 Å². The number of amidine groups is 1. The zero-order chi connectivity index (χ0) is 18.8. The molecule has 0 atom stereocenters. The van der Waals surface area contributed by atoms with Crippen LogP contribution in [0.3, 0.4) is 0 Å². The van der Waals surface area contributed by atoms with E-state index in [2.05, 4.69) is 4.99 Å². The van der Waals surface area contributed by atoms with Crippen LogP contribution in [-0.4, -0.2) is 23.0 Å². The maximum absolute atomic E-state index is 12.5. The number of amides is 1. The first-order valence-corrected chi connectivity index (χ1v) is 9.47. The molecule has 0 spiro atoms. The third kappa shape index (κ3) is 3.84. The second-order valence-electron chi connectivity index (χ2n) is 5.91. The minimum absolute atomic E-state index is 0.0980. The number of halogens is 1. The van der Waals surface area contributed by atoms with Gasteiger partial charge < -0.3 is 4.42 Å². The maximum atomic E-state index is 12.5. The van der Waals surface area contributed by atoms with Gasteiger partial charge in [0.2, 0.25) is 0 Å². The number of para-hydroxylation sites is 1. The summed E-state index contributed by atoms with van der Waals surface area (Å²) in [5, 5.41) is 1.32. The fourth-order valence-corrected chi connectivity index (χ4v) is 3.69. The van der Waals surface area contributed by atoms with Crippen molar-refractivity contribution in [2.24, 2.45) is 4.99 Å². The minimum atomic E-state index is -0.0980. The van der Waals surface area contributed by atoms with Crippen molar-refractivity contribution in [1.82, 2.24) is 4.90 Å². The number of carbonyl (C=O) groups excluding carboxylic acids is 1. The molecule has 0 radical (unpaired) electrons. The number of benzene rings is 2. The summed E-state index contributed by atoms with van der Waals surface area (Å²) in [6, 6.07) is 20.7. The summed E-state index contributed by atoms with van der Waals surface area (Å²) < 4.78 is 5.87. The lowest BCUT2D eigenvalue weighted by molar-refractivity contribution is -0.121. The maximum Gasteiger partial charge on any atom is 0.266 e. The van der Waals surface area contributed by atoms with Crippen LogP contribution in [0.15, 0.2) is 81.0 Å². The van der Waals surface area contributed by atoms with E-state index in [9.17, 15) is 4.79 Å². The van der Waals surface area contributed by atoms with Crippen molar-refractivity contribution in [3.63, 3.8) is 0 Å². The Morgan fingerprint density at radius 2 is 1.78 bits per heavy atom. The molecule has 2 heterocycles. The molecule has 2 aromatic carbocycles. The standard InChI is InChI=1S/C21H15ClN2O2S/c1-24-20(25)19(27-21(24)23-16-5-3-2-4-6-16)13-17-11-12-18(26-17)14-7-9-15(22)10-8-14/h2-13H,1H3/b19-13+,23-21?. The van der Waals surface area contributed by atoms with E-state index in [-0.39, 0.29) is 5.91 Å². The Morgan fingerprint density at radius 1 is 1.04 bits per heavy atom. The zero-order valence-electron chi connectivity index (χ0n) is 14.4. The van der Waals surface area contributed by atoms with Crippen molar-refractivity contribution in [2.45, 2.75) is 0 Å². The fourth-order valence-electron chi connectivity index (χ4n) is 2.59. The molecule has 4 nitrogen and oxygen atoms in total. The number of furan rings is 1. The Kier molecular flexibility index (Phi) is 4.88. The molecule has 0 unspecified atom stereocenters. The first-order chi connectivity index (χ1) is 13.1. The van der Waals surface area contributed by atoms with Gasteiger partial charge in [-0.3, -0.25) is 9.69 Å². The summed E-state index contributed by atoms with van der Waals surface area (Å²) in [7, 11) is 1.72. The third-order valence-corrected chi connectivity index (χ3v) is 5.33. The van der Waals surface area contributed by atoms with E-state index in [1.807, 2.05) is 66.7 Å². The number of nitrogens with zero attached hydrogens (tertiary/aromatic N) is 2. The molecular formula is C21H15ClN2O2S. The molecule has 0 saturated carbocycles. The van der Waals surface area contributed by atoms with E-state index in [1.54, 1.807) is 18.0 Å². The van der Waals surface area contributed by atoms with Crippen molar-refractivity contribution in [2.75, 3.05) is 7.05 Å². The molecule has 6 heteroatoms. The lowest BCUT2D eigenvalue weighted by Gasteiger charge is -2.06. The lowest BCUT2D eigenvalue weighted by Crippen LogP contribution is -2.23. The SMILES string of the molecule is CN1C(=O)/C(=C\c2ccc(-c3ccc(Cl)cc3)o2)SC1=Nc1ccccc1. The normalized spacial score (nSPS) is 17.3. The van der Waals surface area contributed by atoms with E-state index in [1.165, 1.54) is 11.8 Å². The lowest BCUT2D eigenvalue weighted by atomic mass is 10.2. The smallest absolute Gasteiger partial charge is 0.266 e. The highest BCUT2D eigenvalue weighted by Gasteiger charge is 2.30. The number of carbonyl (C=O) groups is 1. The van der Waals surface area contributed by atoms with Gasteiger partial charge >= 0.3 is 0 Å². The molecule has 27 heavy (non-hydrogen) atoms. The van der Waals surface area contributed by atoms with E-state index in [4.69, 9.17) is 16.0 Å². The van der Waals surface area contributed by atoms with Gasteiger partial charge in [-0.05, 0) is 60.3 Å². The van der Waals surface area contributed by atoms with E-state index in [0.717, 1.165) is 17.0 Å². The van der Waals surface area contributed by atoms with Crippen molar-refractivity contribution in [3.8, 4) is 11.3 Å². The molecule has 1 saturated heterocycles. The van der Waals surface area contributed by atoms with Gasteiger partial charge in [0.05, 0.1) is 10.6 Å².